The minimum atomic E-state index is -1.46. The molecule has 132 valence electrons. The first-order chi connectivity index (χ1) is 11.4. The molecule has 8 heteroatoms. The SMILES string of the molecule is CCC(=O)N[C@@]1(C(=O)CCc2ccc(F)nc2)CN[C@@H](CO)[C@H]1O. The van der Waals surface area contributed by atoms with Crippen molar-refractivity contribution < 1.29 is 24.2 Å². The van der Waals surface area contributed by atoms with Crippen LogP contribution in [0.3, 0.4) is 0 Å². The van der Waals surface area contributed by atoms with Gasteiger partial charge in [0.25, 0.3) is 0 Å². The molecule has 0 radical (unpaired) electrons. The van der Waals surface area contributed by atoms with E-state index in [-0.39, 0.29) is 37.7 Å². The highest BCUT2D eigenvalue weighted by Crippen LogP contribution is 2.24. The molecule has 1 aliphatic heterocycles. The monoisotopic (exact) mass is 339 g/mol. The number of Topliss-reactive ketones (excluding diaryl/α,β-unsaturated/α-hetero) is 1. The summed E-state index contributed by atoms with van der Waals surface area (Å²) in [5, 5.41) is 25.2. The molecule has 1 aromatic rings. The van der Waals surface area contributed by atoms with Gasteiger partial charge in [-0.3, -0.25) is 9.59 Å². The lowest BCUT2D eigenvalue weighted by molar-refractivity contribution is -0.135. The van der Waals surface area contributed by atoms with Crippen LogP contribution in [-0.2, 0) is 16.0 Å². The second-order valence-corrected chi connectivity index (χ2v) is 5.90. The maximum atomic E-state index is 12.8. The number of rotatable bonds is 7. The van der Waals surface area contributed by atoms with Crippen LogP contribution in [0, 0.1) is 5.95 Å². The molecule has 0 aliphatic carbocycles. The smallest absolute Gasteiger partial charge is 0.220 e. The Hall–Kier alpha value is -1.90. The summed E-state index contributed by atoms with van der Waals surface area (Å²) in [7, 11) is 0. The first kappa shape index (κ1) is 18.4. The van der Waals surface area contributed by atoms with Gasteiger partial charge in [-0.1, -0.05) is 13.0 Å². The molecular weight excluding hydrogens is 317 g/mol. The summed E-state index contributed by atoms with van der Waals surface area (Å²) in [6, 6.07) is 2.06. The number of halogens is 1. The molecule has 4 N–H and O–H groups in total. The zero-order valence-corrected chi connectivity index (χ0v) is 13.5. The Morgan fingerprint density at radius 1 is 1.50 bits per heavy atom. The summed E-state index contributed by atoms with van der Waals surface area (Å²) in [5.41, 5.74) is -0.783. The van der Waals surface area contributed by atoms with E-state index in [1.54, 1.807) is 6.92 Å². The van der Waals surface area contributed by atoms with Crippen molar-refractivity contribution >= 4 is 11.7 Å². The van der Waals surface area contributed by atoms with Gasteiger partial charge >= 0.3 is 0 Å². The van der Waals surface area contributed by atoms with E-state index in [4.69, 9.17) is 0 Å². The molecular formula is C16H22FN3O4. The molecule has 1 saturated heterocycles. The maximum absolute atomic E-state index is 12.8. The number of ketones is 1. The number of hydrogen-bond donors (Lipinski definition) is 4. The molecule has 0 saturated carbocycles. The number of aryl methyl sites for hydroxylation is 1. The standard InChI is InChI=1S/C16H22FN3O4/c1-2-14(23)20-16(9-19-11(8-21)15(16)24)12(22)5-3-10-4-6-13(17)18-7-10/h4,6-7,11,15,19,21,24H,2-3,5,8-9H2,1H3,(H,20,23)/t11-,15+,16+/m0/s1. The van der Waals surface area contributed by atoms with E-state index in [0.29, 0.717) is 12.0 Å². The van der Waals surface area contributed by atoms with E-state index < -0.39 is 23.6 Å². The molecule has 2 rings (SSSR count). The van der Waals surface area contributed by atoms with Crippen LogP contribution in [0.15, 0.2) is 18.3 Å². The largest absolute Gasteiger partial charge is 0.395 e. The zero-order chi connectivity index (χ0) is 17.7. The van der Waals surface area contributed by atoms with Gasteiger partial charge in [0.2, 0.25) is 11.9 Å². The number of aliphatic hydroxyl groups excluding tert-OH is 2. The summed E-state index contributed by atoms with van der Waals surface area (Å²) < 4.78 is 12.8. The molecule has 7 nitrogen and oxygen atoms in total. The average molecular weight is 339 g/mol. The van der Waals surface area contributed by atoms with Crippen molar-refractivity contribution in [2.24, 2.45) is 0 Å². The van der Waals surface area contributed by atoms with Crippen LogP contribution in [0.1, 0.15) is 25.3 Å². The second-order valence-electron chi connectivity index (χ2n) is 5.90. The van der Waals surface area contributed by atoms with E-state index in [1.807, 2.05) is 0 Å². The number of nitrogens with one attached hydrogen (secondary N) is 2. The van der Waals surface area contributed by atoms with Gasteiger partial charge in [-0.25, -0.2) is 4.98 Å². The number of pyridine rings is 1. The molecule has 0 spiro atoms. The first-order valence-corrected chi connectivity index (χ1v) is 7.90. The Kier molecular flexibility index (Phi) is 5.98. The molecule has 24 heavy (non-hydrogen) atoms. The average Bonchev–Trinajstić information content (AvgIpc) is 2.91. The van der Waals surface area contributed by atoms with Crippen LogP contribution >= 0.6 is 0 Å². The molecule has 0 aromatic carbocycles. The maximum Gasteiger partial charge on any atom is 0.220 e. The highest BCUT2D eigenvalue weighted by molar-refractivity contribution is 5.94. The fourth-order valence-corrected chi connectivity index (χ4v) is 2.84. The molecule has 3 atom stereocenters. The lowest BCUT2D eigenvalue weighted by Gasteiger charge is -2.32. The third-order valence-electron chi connectivity index (χ3n) is 4.34. The summed E-state index contributed by atoms with van der Waals surface area (Å²) >= 11 is 0. The van der Waals surface area contributed by atoms with E-state index in [9.17, 15) is 24.2 Å². The van der Waals surface area contributed by atoms with Crippen molar-refractivity contribution in [3.63, 3.8) is 0 Å². The summed E-state index contributed by atoms with van der Waals surface area (Å²) in [5.74, 6) is -1.30. The normalized spacial score (nSPS) is 26.3. The fraction of sp³-hybridized carbons (Fsp3) is 0.562. The number of amides is 1. The van der Waals surface area contributed by atoms with Crippen LogP contribution in [0.25, 0.3) is 0 Å². The number of aromatic nitrogens is 1. The van der Waals surface area contributed by atoms with Gasteiger partial charge < -0.3 is 20.8 Å². The lowest BCUT2D eigenvalue weighted by Crippen LogP contribution is -2.63. The predicted molar refractivity (Wildman–Crippen MR) is 83.6 cm³/mol. The van der Waals surface area contributed by atoms with Crippen LogP contribution in [0.2, 0.25) is 0 Å². The molecule has 1 fully saturated rings. The van der Waals surface area contributed by atoms with E-state index in [1.165, 1.54) is 18.3 Å². The Morgan fingerprint density at radius 3 is 2.79 bits per heavy atom. The summed E-state index contributed by atoms with van der Waals surface area (Å²) in [4.78, 5) is 28.1. The summed E-state index contributed by atoms with van der Waals surface area (Å²) in [6.07, 6.45) is 0.658. The second kappa shape index (κ2) is 7.78. The van der Waals surface area contributed by atoms with Crippen molar-refractivity contribution in [2.45, 2.75) is 43.9 Å². The third-order valence-corrected chi connectivity index (χ3v) is 4.34. The van der Waals surface area contributed by atoms with Gasteiger partial charge in [0, 0.05) is 25.6 Å². The predicted octanol–water partition coefficient (Wildman–Crippen LogP) is -0.688. The zero-order valence-electron chi connectivity index (χ0n) is 13.5. The topological polar surface area (TPSA) is 112 Å². The highest BCUT2D eigenvalue weighted by atomic mass is 19.1. The number of carbonyl (C=O) groups is 2. The van der Waals surface area contributed by atoms with Crippen molar-refractivity contribution in [1.29, 1.82) is 0 Å². The molecule has 1 aliphatic rings. The number of nitrogens with zero attached hydrogens (tertiary/aromatic N) is 1. The van der Waals surface area contributed by atoms with E-state index >= 15 is 0 Å². The van der Waals surface area contributed by atoms with Gasteiger partial charge in [-0.15, -0.1) is 0 Å². The molecule has 2 heterocycles. The van der Waals surface area contributed by atoms with Gasteiger partial charge in [-0.05, 0) is 18.1 Å². The van der Waals surface area contributed by atoms with Crippen LogP contribution < -0.4 is 10.6 Å². The van der Waals surface area contributed by atoms with Crippen molar-refractivity contribution in [2.75, 3.05) is 13.2 Å². The van der Waals surface area contributed by atoms with E-state index in [2.05, 4.69) is 15.6 Å². The Labute approximate surface area is 139 Å². The number of aliphatic hydroxyl groups is 2. The Morgan fingerprint density at radius 2 is 2.25 bits per heavy atom. The quantitative estimate of drug-likeness (QED) is 0.490. The molecule has 0 unspecified atom stereocenters. The minimum absolute atomic E-state index is 0.0473. The van der Waals surface area contributed by atoms with Crippen molar-refractivity contribution in [3.05, 3.63) is 29.8 Å². The van der Waals surface area contributed by atoms with Gasteiger partial charge in [-0.2, -0.15) is 4.39 Å². The molecule has 1 amide bonds. The number of hydrogen-bond acceptors (Lipinski definition) is 6. The van der Waals surface area contributed by atoms with E-state index in [0.717, 1.165) is 0 Å². The molecule has 0 bridgehead atoms. The highest BCUT2D eigenvalue weighted by Gasteiger charge is 2.53. The number of carbonyl (C=O) groups excluding carboxylic acids is 2. The third kappa shape index (κ3) is 3.77. The minimum Gasteiger partial charge on any atom is -0.395 e. The fourth-order valence-electron chi connectivity index (χ4n) is 2.84. The van der Waals surface area contributed by atoms with Gasteiger partial charge in [0.05, 0.1) is 12.6 Å². The van der Waals surface area contributed by atoms with Crippen LogP contribution in [0.5, 0.6) is 0 Å². The van der Waals surface area contributed by atoms with Gasteiger partial charge in [0.1, 0.15) is 11.6 Å². The summed E-state index contributed by atoms with van der Waals surface area (Å²) in [6.45, 7) is 1.35. The Balaban J connectivity index is 2.13. The van der Waals surface area contributed by atoms with Crippen molar-refractivity contribution in [3.8, 4) is 0 Å². The van der Waals surface area contributed by atoms with Crippen molar-refractivity contribution in [1.82, 2.24) is 15.6 Å². The lowest BCUT2D eigenvalue weighted by atomic mass is 9.85. The van der Waals surface area contributed by atoms with Gasteiger partial charge in [0.15, 0.2) is 5.78 Å². The Bertz CT molecular complexity index is 595. The van der Waals surface area contributed by atoms with Crippen LogP contribution in [0.4, 0.5) is 4.39 Å². The van der Waals surface area contributed by atoms with Crippen LogP contribution in [-0.4, -0.2) is 57.7 Å². The molecule has 1 aromatic heterocycles. The first-order valence-electron chi connectivity index (χ1n) is 7.90.